The van der Waals surface area contributed by atoms with Gasteiger partial charge < -0.3 is 20.5 Å². The summed E-state index contributed by atoms with van der Waals surface area (Å²) in [5.74, 6) is 1.04. The Morgan fingerprint density at radius 2 is 2.00 bits per heavy atom. The molecule has 0 aliphatic carbocycles. The number of unbranched alkanes of at least 4 members (excludes halogenated alkanes) is 5. The molecule has 1 aromatic carbocycles. The van der Waals surface area contributed by atoms with Crippen molar-refractivity contribution in [2.45, 2.75) is 45.4 Å². The van der Waals surface area contributed by atoms with Gasteiger partial charge in [0.15, 0.2) is 6.61 Å². The molecule has 0 radical (unpaired) electrons. The van der Waals surface area contributed by atoms with E-state index in [-0.39, 0.29) is 12.5 Å². The third-order valence-corrected chi connectivity index (χ3v) is 3.50. The average Bonchev–Trinajstić information content (AvgIpc) is 2.47. The Bertz CT molecular complexity index is 489. The molecule has 5 heteroatoms. The first kappa shape index (κ1) is 15.5. The van der Waals surface area contributed by atoms with Gasteiger partial charge in [-0.1, -0.05) is 39.0 Å². The van der Waals surface area contributed by atoms with Gasteiger partial charge in [0.1, 0.15) is 11.5 Å². The van der Waals surface area contributed by atoms with Crippen LogP contribution in [0, 0.1) is 0 Å². The Morgan fingerprint density at radius 1 is 1.24 bits per heavy atom. The first-order valence-corrected chi connectivity index (χ1v) is 7.69. The van der Waals surface area contributed by atoms with Crippen LogP contribution < -0.4 is 20.5 Å². The highest BCUT2D eigenvalue weighted by Gasteiger charge is 2.18. The van der Waals surface area contributed by atoms with E-state index in [9.17, 15) is 4.79 Å². The van der Waals surface area contributed by atoms with Gasteiger partial charge in [-0.3, -0.25) is 4.79 Å². The molecule has 1 heterocycles. The van der Waals surface area contributed by atoms with Crippen LogP contribution in [0.3, 0.4) is 0 Å². The number of nitrogens with two attached hydrogens (primary N) is 1. The number of nitrogen functional groups attached to an aromatic ring is 1. The van der Waals surface area contributed by atoms with E-state index in [2.05, 4.69) is 12.2 Å². The van der Waals surface area contributed by atoms with Crippen molar-refractivity contribution < 1.29 is 14.3 Å². The second-order valence-corrected chi connectivity index (χ2v) is 5.34. The van der Waals surface area contributed by atoms with E-state index in [1.54, 1.807) is 12.1 Å². The molecule has 116 valence electrons. The molecule has 21 heavy (non-hydrogen) atoms. The molecule has 1 aliphatic rings. The Hall–Kier alpha value is -1.91. The minimum Gasteiger partial charge on any atom is -0.491 e. The fourth-order valence-corrected chi connectivity index (χ4v) is 2.31. The zero-order chi connectivity index (χ0) is 15.1. The van der Waals surface area contributed by atoms with Crippen LogP contribution in [0.25, 0.3) is 0 Å². The number of nitrogens with one attached hydrogen (secondary N) is 1. The quantitative estimate of drug-likeness (QED) is 0.569. The van der Waals surface area contributed by atoms with Crippen LogP contribution >= 0.6 is 0 Å². The Balaban J connectivity index is 1.80. The molecule has 0 bridgehead atoms. The standard InChI is InChI=1S/C16H24N2O3/c1-2-3-4-5-6-7-8-20-14-10-13-15(9-12(14)17)21-11-16(19)18-13/h9-10H,2-8,11,17H2,1H3,(H,18,19). The smallest absolute Gasteiger partial charge is 0.262 e. The maximum atomic E-state index is 11.3. The number of carbonyl (C=O) groups excluding carboxylic acids is 1. The summed E-state index contributed by atoms with van der Waals surface area (Å²) in [4.78, 5) is 11.3. The number of fused-ring (bicyclic) bond motifs is 1. The second kappa shape index (κ2) is 7.76. The van der Waals surface area contributed by atoms with E-state index in [0.717, 1.165) is 6.42 Å². The lowest BCUT2D eigenvalue weighted by Gasteiger charge is -2.20. The van der Waals surface area contributed by atoms with Gasteiger partial charge >= 0.3 is 0 Å². The third kappa shape index (κ3) is 4.55. The number of rotatable bonds is 8. The maximum Gasteiger partial charge on any atom is 0.262 e. The largest absolute Gasteiger partial charge is 0.491 e. The third-order valence-electron chi connectivity index (χ3n) is 3.50. The Labute approximate surface area is 125 Å². The fraction of sp³-hybridized carbons (Fsp3) is 0.562. The minimum absolute atomic E-state index is 0.0321. The van der Waals surface area contributed by atoms with Crippen molar-refractivity contribution in [1.82, 2.24) is 0 Å². The van der Waals surface area contributed by atoms with Crippen LogP contribution in [-0.2, 0) is 4.79 Å². The van der Waals surface area contributed by atoms with Gasteiger partial charge in [0.25, 0.3) is 5.91 Å². The molecule has 1 aliphatic heterocycles. The van der Waals surface area contributed by atoms with Gasteiger partial charge in [-0.15, -0.1) is 0 Å². The average molecular weight is 292 g/mol. The van der Waals surface area contributed by atoms with Gasteiger partial charge in [0.05, 0.1) is 18.0 Å². The first-order valence-electron chi connectivity index (χ1n) is 7.69. The summed E-state index contributed by atoms with van der Waals surface area (Å²) in [6.45, 7) is 2.89. The molecule has 0 atom stereocenters. The number of carbonyl (C=O) groups is 1. The zero-order valence-corrected chi connectivity index (χ0v) is 12.6. The summed E-state index contributed by atoms with van der Waals surface area (Å²) >= 11 is 0. The molecule has 2 rings (SSSR count). The number of amides is 1. The molecule has 0 unspecified atom stereocenters. The molecule has 0 fully saturated rings. The van der Waals surface area contributed by atoms with E-state index >= 15 is 0 Å². The Kier molecular flexibility index (Phi) is 5.72. The zero-order valence-electron chi connectivity index (χ0n) is 12.6. The number of hydrogen-bond acceptors (Lipinski definition) is 4. The second-order valence-electron chi connectivity index (χ2n) is 5.34. The summed E-state index contributed by atoms with van der Waals surface area (Å²) in [5, 5.41) is 2.75. The maximum absolute atomic E-state index is 11.3. The lowest BCUT2D eigenvalue weighted by Crippen LogP contribution is -2.25. The van der Waals surface area contributed by atoms with E-state index in [1.807, 2.05) is 0 Å². The van der Waals surface area contributed by atoms with Crippen LogP contribution in [0.4, 0.5) is 11.4 Å². The van der Waals surface area contributed by atoms with Gasteiger partial charge in [-0.05, 0) is 6.42 Å². The Morgan fingerprint density at radius 3 is 2.81 bits per heavy atom. The summed E-state index contributed by atoms with van der Waals surface area (Å²) in [7, 11) is 0. The van der Waals surface area contributed by atoms with Crippen molar-refractivity contribution in [3.63, 3.8) is 0 Å². The van der Waals surface area contributed by atoms with E-state index in [1.165, 1.54) is 32.1 Å². The number of hydrogen-bond donors (Lipinski definition) is 2. The van der Waals surface area contributed by atoms with Crippen LogP contribution in [0.15, 0.2) is 12.1 Å². The molecule has 1 aromatic rings. The van der Waals surface area contributed by atoms with Crippen LogP contribution in [0.5, 0.6) is 11.5 Å². The van der Waals surface area contributed by atoms with Crippen LogP contribution in [0.2, 0.25) is 0 Å². The predicted molar refractivity (Wildman–Crippen MR) is 83.9 cm³/mol. The highest BCUT2D eigenvalue weighted by Crippen LogP contribution is 2.36. The number of anilines is 2. The summed E-state index contributed by atoms with van der Waals surface area (Å²) in [5.41, 5.74) is 7.10. The van der Waals surface area contributed by atoms with Crippen LogP contribution in [0.1, 0.15) is 45.4 Å². The summed E-state index contributed by atoms with van der Waals surface area (Å²) in [6.07, 6.45) is 7.30. The van der Waals surface area contributed by atoms with Crippen molar-refractivity contribution in [1.29, 1.82) is 0 Å². The van der Waals surface area contributed by atoms with Crippen LogP contribution in [-0.4, -0.2) is 19.1 Å². The van der Waals surface area contributed by atoms with Gasteiger partial charge in [0, 0.05) is 12.1 Å². The van der Waals surface area contributed by atoms with Gasteiger partial charge in [0.2, 0.25) is 0 Å². The van der Waals surface area contributed by atoms with Crippen molar-refractivity contribution >= 4 is 17.3 Å². The van der Waals surface area contributed by atoms with Crippen molar-refractivity contribution in [3.8, 4) is 11.5 Å². The lowest BCUT2D eigenvalue weighted by molar-refractivity contribution is -0.118. The van der Waals surface area contributed by atoms with Crippen molar-refractivity contribution in [2.24, 2.45) is 0 Å². The molecule has 0 saturated carbocycles. The summed E-state index contributed by atoms with van der Waals surface area (Å²) < 4.78 is 11.0. The van der Waals surface area contributed by atoms with Crippen molar-refractivity contribution in [3.05, 3.63) is 12.1 Å². The highest BCUT2D eigenvalue weighted by atomic mass is 16.5. The van der Waals surface area contributed by atoms with Crippen molar-refractivity contribution in [2.75, 3.05) is 24.3 Å². The number of ether oxygens (including phenoxy) is 2. The molecule has 1 amide bonds. The lowest BCUT2D eigenvalue weighted by atomic mass is 10.1. The molecule has 0 aromatic heterocycles. The minimum atomic E-state index is -0.158. The van der Waals surface area contributed by atoms with Gasteiger partial charge in [-0.2, -0.15) is 0 Å². The summed E-state index contributed by atoms with van der Waals surface area (Å²) in [6, 6.07) is 3.43. The molecule has 0 spiro atoms. The molecule has 3 N–H and O–H groups in total. The highest BCUT2D eigenvalue weighted by molar-refractivity contribution is 5.96. The van der Waals surface area contributed by atoms with E-state index in [4.69, 9.17) is 15.2 Å². The molecule has 0 saturated heterocycles. The van der Waals surface area contributed by atoms with E-state index in [0.29, 0.717) is 29.5 Å². The topological polar surface area (TPSA) is 73.6 Å². The molecule has 5 nitrogen and oxygen atoms in total. The fourth-order valence-electron chi connectivity index (χ4n) is 2.31. The molecular weight excluding hydrogens is 268 g/mol. The van der Waals surface area contributed by atoms with E-state index < -0.39 is 0 Å². The SMILES string of the molecule is CCCCCCCCOc1cc2c(cc1N)OCC(=O)N2. The normalized spacial score (nSPS) is 13.3. The molecular formula is C16H24N2O3. The monoisotopic (exact) mass is 292 g/mol. The number of benzene rings is 1. The first-order chi connectivity index (χ1) is 10.2. The van der Waals surface area contributed by atoms with Gasteiger partial charge in [-0.25, -0.2) is 0 Å². The predicted octanol–water partition coefficient (Wildman–Crippen LogP) is 3.34.